The summed E-state index contributed by atoms with van der Waals surface area (Å²) in [7, 11) is 0. The van der Waals surface area contributed by atoms with E-state index >= 15 is 0 Å². The Hall–Kier alpha value is -3.99. The number of hydrogen-bond donors (Lipinski definition) is 1. The van der Waals surface area contributed by atoms with Crippen LogP contribution in [0.3, 0.4) is 0 Å². The first-order chi connectivity index (χ1) is 16.1. The van der Waals surface area contributed by atoms with Crippen molar-refractivity contribution >= 4 is 17.4 Å². The average molecular weight is 436 g/mol. The van der Waals surface area contributed by atoms with Gasteiger partial charge in [0, 0.05) is 35.9 Å². The molecule has 5 nitrogen and oxygen atoms in total. The van der Waals surface area contributed by atoms with E-state index in [-0.39, 0.29) is 11.7 Å². The molecule has 164 valence electrons. The zero-order valence-electron chi connectivity index (χ0n) is 18.5. The number of hydrogen-bond acceptors (Lipinski definition) is 3. The zero-order chi connectivity index (χ0) is 22.8. The third-order valence-electron chi connectivity index (χ3n) is 6.09. The second-order valence-electron chi connectivity index (χ2n) is 8.43. The number of fused-ring (bicyclic) bond motifs is 1. The summed E-state index contributed by atoms with van der Waals surface area (Å²) in [4.78, 5) is 31.3. The van der Waals surface area contributed by atoms with Crippen molar-refractivity contribution in [1.82, 2.24) is 9.55 Å². The molecular weight excluding hydrogens is 410 g/mol. The minimum atomic E-state index is -0.317. The normalized spacial score (nSPS) is 12.8. The number of para-hydroxylation sites is 1. The van der Waals surface area contributed by atoms with Crippen LogP contribution in [-0.4, -0.2) is 21.2 Å². The second-order valence-corrected chi connectivity index (χ2v) is 8.43. The third kappa shape index (κ3) is 4.22. The summed E-state index contributed by atoms with van der Waals surface area (Å²) >= 11 is 0. The lowest BCUT2D eigenvalue weighted by atomic mass is 9.97. The monoisotopic (exact) mass is 435 g/mol. The highest BCUT2D eigenvalue weighted by molar-refractivity contribution is 6.18. The van der Waals surface area contributed by atoms with Gasteiger partial charge in [0.05, 0.1) is 16.9 Å². The molecular formula is C28H25N3O2. The Kier molecular flexibility index (Phi) is 5.61. The van der Waals surface area contributed by atoms with Crippen molar-refractivity contribution in [3.05, 3.63) is 107 Å². The molecule has 0 bridgehead atoms. The van der Waals surface area contributed by atoms with Gasteiger partial charge in [0.2, 0.25) is 0 Å². The van der Waals surface area contributed by atoms with Gasteiger partial charge in [-0.1, -0.05) is 66.2 Å². The standard InChI is InChI=1S/C28H25N3O2/c1-19-13-15-20(16-14-19)27(32)21-8-2-3-9-22(21)28(33)30-24-11-5-4-10-23(24)25-18-31-17-7-6-12-26(31)29-25/h2-5,8-11,13-16,18H,6-7,12,17H2,1H3,(H,30,33). The summed E-state index contributed by atoms with van der Waals surface area (Å²) < 4.78 is 2.20. The summed E-state index contributed by atoms with van der Waals surface area (Å²) in [5, 5.41) is 3.02. The number of carbonyl (C=O) groups excluding carboxylic acids is 2. The van der Waals surface area contributed by atoms with Crippen LogP contribution in [0.15, 0.2) is 79.0 Å². The average Bonchev–Trinajstić information content (AvgIpc) is 3.28. The number of imidazole rings is 1. The first-order valence-electron chi connectivity index (χ1n) is 11.3. The van der Waals surface area contributed by atoms with Gasteiger partial charge in [-0.2, -0.15) is 0 Å². The molecule has 1 aliphatic rings. The van der Waals surface area contributed by atoms with Gasteiger partial charge in [0.15, 0.2) is 5.78 Å². The number of aromatic nitrogens is 2. The lowest BCUT2D eigenvalue weighted by Gasteiger charge is -2.12. The molecule has 5 rings (SSSR count). The van der Waals surface area contributed by atoms with E-state index in [4.69, 9.17) is 4.98 Å². The first-order valence-corrected chi connectivity index (χ1v) is 11.3. The Morgan fingerprint density at radius 2 is 1.61 bits per heavy atom. The first kappa shape index (κ1) is 20.9. The number of ketones is 1. The lowest BCUT2D eigenvalue weighted by molar-refractivity contribution is 0.0996. The number of nitrogens with one attached hydrogen (secondary N) is 1. The number of benzene rings is 3. The topological polar surface area (TPSA) is 64.0 Å². The number of nitrogens with zero attached hydrogens (tertiary/aromatic N) is 2. The highest BCUT2D eigenvalue weighted by atomic mass is 16.2. The Morgan fingerprint density at radius 1 is 0.879 bits per heavy atom. The molecule has 0 saturated heterocycles. The highest BCUT2D eigenvalue weighted by Gasteiger charge is 2.20. The van der Waals surface area contributed by atoms with E-state index in [1.165, 1.54) is 0 Å². The van der Waals surface area contributed by atoms with E-state index in [0.717, 1.165) is 48.5 Å². The summed E-state index contributed by atoms with van der Waals surface area (Å²) in [6.45, 7) is 2.95. The molecule has 1 aliphatic heterocycles. The van der Waals surface area contributed by atoms with Gasteiger partial charge >= 0.3 is 0 Å². The molecule has 4 aromatic rings. The molecule has 1 amide bonds. The van der Waals surface area contributed by atoms with Crippen molar-refractivity contribution in [3.8, 4) is 11.3 Å². The number of aryl methyl sites for hydroxylation is 3. The Labute approximate surface area is 193 Å². The molecule has 0 atom stereocenters. The van der Waals surface area contributed by atoms with Crippen molar-refractivity contribution < 1.29 is 9.59 Å². The van der Waals surface area contributed by atoms with Crippen molar-refractivity contribution in [3.63, 3.8) is 0 Å². The predicted molar refractivity (Wildman–Crippen MR) is 130 cm³/mol. The second kappa shape index (κ2) is 8.87. The van der Waals surface area contributed by atoms with Gasteiger partial charge in [0.25, 0.3) is 5.91 Å². The third-order valence-corrected chi connectivity index (χ3v) is 6.09. The SMILES string of the molecule is Cc1ccc(C(=O)c2ccccc2C(=O)Nc2ccccc2-c2cn3c(n2)CCCC3)cc1. The molecule has 0 saturated carbocycles. The quantitative estimate of drug-likeness (QED) is 0.410. The summed E-state index contributed by atoms with van der Waals surface area (Å²) in [6.07, 6.45) is 5.35. The van der Waals surface area contributed by atoms with Gasteiger partial charge in [0.1, 0.15) is 5.82 Å². The molecule has 0 fully saturated rings. The molecule has 0 radical (unpaired) electrons. The van der Waals surface area contributed by atoms with Crippen LogP contribution >= 0.6 is 0 Å². The minimum absolute atomic E-state index is 0.171. The zero-order valence-corrected chi connectivity index (χ0v) is 18.5. The Morgan fingerprint density at radius 3 is 2.39 bits per heavy atom. The van der Waals surface area contributed by atoms with Crippen LogP contribution in [0, 0.1) is 6.92 Å². The van der Waals surface area contributed by atoms with Gasteiger partial charge in [-0.15, -0.1) is 0 Å². The van der Waals surface area contributed by atoms with Crippen LogP contribution in [-0.2, 0) is 13.0 Å². The van der Waals surface area contributed by atoms with Crippen LogP contribution < -0.4 is 5.32 Å². The number of anilines is 1. The molecule has 2 heterocycles. The predicted octanol–water partition coefficient (Wildman–Crippen LogP) is 5.68. The molecule has 33 heavy (non-hydrogen) atoms. The fourth-order valence-corrected chi connectivity index (χ4v) is 4.29. The fourth-order valence-electron chi connectivity index (χ4n) is 4.29. The largest absolute Gasteiger partial charge is 0.334 e. The van der Waals surface area contributed by atoms with E-state index < -0.39 is 0 Å². The molecule has 0 aliphatic carbocycles. The van der Waals surface area contributed by atoms with Crippen molar-refractivity contribution in [2.45, 2.75) is 32.7 Å². The number of rotatable bonds is 5. The Bertz CT molecular complexity index is 1310. The molecule has 5 heteroatoms. The van der Waals surface area contributed by atoms with Gasteiger partial charge in [-0.25, -0.2) is 4.98 Å². The van der Waals surface area contributed by atoms with E-state index in [0.29, 0.717) is 22.4 Å². The van der Waals surface area contributed by atoms with Crippen molar-refractivity contribution in [1.29, 1.82) is 0 Å². The number of amides is 1. The maximum Gasteiger partial charge on any atom is 0.256 e. The number of carbonyl (C=O) groups is 2. The van der Waals surface area contributed by atoms with Gasteiger partial charge in [-0.3, -0.25) is 9.59 Å². The summed E-state index contributed by atoms with van der Waals surface area (Å²) in [5.74, 6) is 0.602. The molecule has 1 aromatic heterocycles. The molecule has 1 N–H and O–H groups in total. The minimum Gasteiger partial charge on any atom is -0.334 e. The van der Waals surface area contributed by atoms with Crippen LogP contribution in [0.1, 0.15) is 50.5 Å². The van der Waals surface area contributed by atoms with E-state index in [2.05, 4.69) is 16.1 Å². The van der Waals surface area contributed by atoms with Crippen LogP contribution in [0.4, 0.5) is 5.69 Å². The molecule has 0 spiro atoms. The molecule has 0 unspecified atom stereocenters. The van der Waals surface area contributed by atoms with Gasteiger partial charge < -0.3 is 9.88 Å². The lowest BCUT2D eigenvalue weighted by Crippen LogP contribution is -2.17. The van der Waals surface area contributed by atoms with Crippen LogP contribution in [0.25, 0.3) is 11.3 Å². The maximum atomic E-state index is 13.3. The van der Waals surface area contributed by atoms with Crippen molar-refractivity contribution in [2.75, 3.05) is 5.32 Å². The summed E-state index contributed by atoms with van der Waals surface area (Å²) in [5.41, 5.74) is 4.77. The Balaban J connectivity index is 1.45. The van der Waals surface area contributed by atoms with Crippen LogP contribution in [0.5, 0.6) is 0 Å². The van der Waals surface area contributed by atoms with E-state index in [9.17, 15) is 9.59 Å². The smallest absolute Gasteiger partial charge is 0.256 e. The van der Waals surface area contributed by atoms with Crippen molar-refractivity contribution in [2.24, 2.45) is 0 Å². The van der Waals surface area contributed by atoms with Crippen LogP contribution in [0.2, 0.25) is 0 Å². The van der Waals surface area contributed by atoms with Gasteiger partial charge in [-0.05, 0) is 31.9 Å². The van der Waals surface area contributed by atoms with E-state index in [1.807, 2.05) is 43.3 Å². The fraction of sp³-hybridized carbons (Fsp3) is 0.179. The molecule has 3 aromatic carbocycles. The maximum absolute atomic E-state index is 13.3. The summed E-state index contributed by atoms with van der Waals surface area (Å²) in [6, 6.07) is 22.0. The van der Waals surface area contributed by atoms with E-state index in [1.54, 1.807) is 36.4 Å². The highest BCUT2D eigenvalue weighted by Crippen LogP contribution is 2.29.